The lowest BCUT2D eigenvalue weighted by Gasteiger charge is -2.38. The number of Topliss-reactive ketones (excluding diaryl/α,β-unsaturated/α-hetero) is 1. The summed E-state index contributed by atoms with van der Waals surface area (Å²) < 4.78 is 9.98. The van der Waals surface area contributed by atoms with Crippen molar-refractivity contribution in [2.24, 2.45) is 5.92 Å². The number of likely N-dealkylation sites (tertiary alicyclic amines) is 1. The number of piperidine rings is 1. The highest BCUT2D eigenvalue weighted by Crippen LogP contribution is 2.33. The van der Waals surface area contributed by atoms with Crippen LogP contribution in [0.25, 0.3) is 0 Å². The molecule has 1 amide bonds. The number of methoxy groups -OCH3 is 1. The number of rotatable bonds is 6. The van der Waals surface area contributed by atoms with E-state index in [2.05, 4.69) is 59.7 Å². The second-order valence-corrected chi connectivity index (χ2v) is 11.1. The molecule has 0 unspecified atom stereocenters. The summed E-state index contributed by atoms with van der Waals surface area (Å²) in [6, 6.07) is 6.53. The Morgan fingerprint density at radius 3 is 2.06 bits per heavy atom. The molecule has 1 heterocycles. The number of carbonyl (C=O) groups is 3. The molecule has 0 bridgehead atoms. The standard InChI is InChI=1S/C27H41NO5/c1-9-33-24(30)17-23(29)19-10-11-28(25(31)32-8)22(15-19)14-18-12-20(26(2,3)4)16-21(13-18)27(5,6)7/h12-13,16,19,22H,9-11,14-15,17H2,1-8H3/t19-,22+/m0/s1. The van der Waals surface area contributed by atoms with E-state index in [0.717, 1.165) is 5.56 Å². The predicted octanol–water partition coefficient (Wildman–Crippen LogP) is 5.19. The van der Waals surface area contributed by atoms with Crippen LogP contribution in [-0.2, 0) is 36.3 Å². The van der Waals surface area contributed by atoms with E-state index in [9.17, 15) is 14.4 Å². The van der Waals surface area contributed by atoms with E-state index in [1.807, 2.05) is 0 Å². The van der Waals surface area contributed by atoms with E-state index in [1.54, 1.807) is 11.8 Å². The molecule has 1 aliphatic rings. The van der Waals surface area contributed by atoms with Gasteiger partial charge in [-0.25, -0.2) is 4.79 Å². The quantitative estimate of drug-likeness (QED) is 0.432. The molecule has 1 fully saturated rings. The van der Waals surface area contributed by atoms with Crippen LogP contribution < -0.4 is 0 Å². The third-order valence-electron chi connectivity index (χ3n) is 6.40. The summed E-state index contributed by atoms with van der Waals surface area (Å²) in [6.07, 6.45) is 1.08. The minimum absolute atomic E-state index is 0.0112. The summed E-state index contributed by atoms with van der Waals surface area (Å²) in [4.78, 5) is 38.8. The Balaban J connectivity index is 2.34. The molecule has 6 nitrogen and oxygen atoms in total. The van der Waals surface area contributed by atoms with Gasteiger partial charge >= 0.3 is 12.1 Å². The maximum absolute atomic E-state index is 12.8. The Bertz CT molecular complexity index is 830. The highest BCUT2D eigenvalue weighted by atomic mass is 16.5. The zero-order valence-electron chi connectivity index (χ0n) is 21.6. The molecule has 184 valence electrons. The number of amides is 1. The molecule has 0 aliphatic carbocycles. The second kappa shape index (κ2) is 10.7. The molecule has 0 saturated carbocycles. The Labute approximate surface area is 199 Å². The molecule has 0 aromatic heterocycles. The number of nitrogens with zero attached hydrogens (tertiary/aromatic N) is 1. The largest absolute Gasteiger partial charge is 0.466 e. The van der Waals surface area contributed by atoms with E-state index in [0.29, 0.717) is 25.8 Å². The van der Waals surface area contributed by atoms with E-state index in [-0.39, 0.29) is 47.7 Å². The van der Waals surface area contributed by atoms with Crippen molar-refractivity contribution in [3.05, 3.63) is 34.9 Å². The Kier molecular flexibility index (Phi) is 8.72. The molecule has 0 radical (unpaired) electrons. The zero-order chi connectivity index (χ0) is 25.0. The van der Waals surface area contributed by atoms with Crippen LogP contribution in [0.4, 0.5) is 4.79 Å². The van der Waals surface area contributed by atoms with Crippen LogP contribution in [0.5, 0.6) is 0 Å². The number of esters is 1. The number of carbonyl (C=O) groups excluding carboxylic acids is 3. The first-order chi connectivity index (χ1) is 15.3. The van der Waals surface area contributed by atoms with Gasteiger partial charge in [0.1, 0.15) is 12.2 Å². The van der Waals surface area contributed by atoms with Crippen molar-refractivity contribution in [3.63, 3.8) is 0 Å². The summed E-state index contributed by atoms with van der Waals surface area (Å²) >= 11 is 0. The van der Waals surface area contributed by atoms with Crippen LogP contribution in [0.2, 0.25) is 0 Å². The number of hydrogen-bond donors (Lipinski definition) is 0. The van der Waals surface area contributed by atoms with Crippen molar-refractivity contribution in [1.29, 1.82) is 0 Å². The van der Waals surface area contributed by atoms with Crippen LogP contribution in [0.1, 0.15) is 84.4 Å². The maximum atomic E-state index is 12.8. The van der Waals surface area contributed by atoms with Gasteiger partial charge in [0.2, 0.25) is 0 Å². The summed E-state index contributed by atoms with van der Waals surface area (Å²) in [5.74, 6) is -0.864. The molecule has 1 saturated heterocycles. The zero-order valence-corrected chi connectivity index (χ0v) is 21.6. The molecule has 0 spiro atoms. The lowest BCUT2D eigenvalue weighted by Crippen LogP contribution is -2.48. The summed E-state index contributed by atoms with van der Waals surface area (Å²) in [6.45, 7) is 15.6. The van der Waals surface area contributed by atoms with Gasteiger partial charge in [-0.05, 0) is 53.7 Å². The van der Waals surface area contributed by atoms with E-state index in [4.69, 9.17) is 9.47 Å². The van der Waals surface area contributed by atoms with Gasteiger partial charge in [-0.15, -0.1) is 0 Å². The average Bonchev–Trinajstić information content (AvgIpc) is 2.71. The summed E-state index contributed by atoms with van der Waals surface area (Å²) in [7, 11) is 1.38. The first kappa shape index (κ1) is 26.9. The van der Waals surface area contributed by atoms with E-state index < -0.39 is 5.97 Å². The first-order valence-electron chi connectivity index (χ1n) is 11.9. The summed E-state index contributed by atoms with van der Waals surface area (Å²) in [5.41, 5.74) is 3.62. The second-order valence-electron chi connectivity index (χ2n) is 11.1. The molecule has 0 N–H and O–H groups in total. The van der Waals surface area contributed by atoms with Crippen molar-refractivity contribution < 1.29 is 23.9 Å². The van der Waals surface area contributed by atoms with Crippen LogP contribution in [0, 0.1) is 5.92 Å². The lowest BCUT2D eigenvalue weighted by atomic mass is 9.78. The third-order valence-corrected chi connectivity index (χ3v) is 6.40. The highest BCUT2D eigenvalue weighted by molar-refractivity contribution is 5.96. The van der Waals surface area contributed by atoms with Gasteiger partial charge < -0.3 is 14.4 Å². The maximum Gasteiger partial charge on any atom is 0.409 e. The van der Waals surface area contributed by atoms with E-state index in [1.165, 1.54) is 18.2 Å². The van der Waals surface area contributed by atoms with Gasteiger partial charge in [0.05, 0.1) is 13.7 Å². The van der Waals surface area contributed by atoms with Crippen molar-refractivity contribution in [1.82, 2.24) is 4.90 Å². The monoisotopic (exact) mass is 459 g/mol. The van der Waals surface area contributed by atoms with Crippen molar-refractivity contribution in [3.8, 4) is 0 Å². The van der Waals surface area contributed by atoms with Crippen molar-refractivity contribution >= 4 is 17.8 Å². The Morgan fingerprint density at radius 1 is 1.00 bits per heavy atom. The molecule has 2 atom stereocenters. The molecule has 1 aliphatic heterocycles. The smallest absolute Gasteiger partial charge is 0.409 e. The normalized spacial score (nSPS) is 19.2. The lowest BCUT2D eigenvalue weighted by molar-refractivity contribution is -0.146. The van der Waals surface area contributed by atoms with Crippen molar-refractivity contribution in [2.45, 2.75) is 91.0 Å². The number of ketones is 1. The fraction of sp³-hybridized carbons (Fsp3) is 0.667. The summed E-state index contributed by atoms with van der Waals surface area (Å²) in [5, 5.41) is 0. The molecule has 1 aromatic rings. The van der Waals surface area contributed by atoms with Gasteiger partial charge in [0, 0.05) is 18.5 Å². The number of ether oxygens (including phenoxy) is 2. The third kappa shape index (κ3) is 7.31. The Morgan fingerprint density at radius 2 is 1.58 bits per heavy atom. The number of hydrogen-bond acceptors (Lipinski definition) is 5. The average molecular weight is 460 g/mol. The van der Waals surface area contributed by atoms with Gasteiger partial charge in [-0.3, -0.25) is 9.59 Å². The van der Waals surface area contributed by atoms with Gasteiger partial charge in [-0.2, -0.15) is 0 Å². The Hall–Kier alpha value is -2.37. The van der Waals surface area contributed by atoms with Crippen LogP contribution >= 0.6 is 0 Å². The molecular formula is C27H41NO5. The fourth-order valence-corrected chi connectivity index (χ4v) is 4.34. The SMILES string of the molecule is CCOC(=O)CC(=O)[C@H]1CCN(C(=O)OC)[C@H](Cc2cc(C(C)(C)C)cc(C(C)(C)C)c2)C1. The molecule has 33 heavy (non-hydrogen) atoms. The van der Waals surface area contributed by atoms with Crippen LogP contribution in [0.3, 0.4) is 0 Å². The van der Waals surface area contributed by atoms with Gasteiger partial charge in [-0.1, -0.05) is 59.7 Å². The topological polar surface area (TPSA) is 72.9 Å². The fourth-order valence-electron chi connectivity index (χ4n) is 4.34. The minimum atomic E-state index is -0.484. The highest BCUT2D eigenvalue weighted by Gasteiger charge is 2.36. The molecular weight excluding hydrogens is 418 g/mol. The van der Waals surface area contributed by atoms with Crippen LogP contribution in [-0.4, -0.2) is 49.0 Å². The number of benzene rings is 1. The molecule has 2 rings (SSSR count). The van der Waals surface area contributed by atoms with E-state index >= 15 is 0 Å². The molecule has 1 aromatic carbocycles. The van der Waals surface area contributed by atoms with Gasteiger partial charge in [0.15, 0.2) is 0 Å². The minimum Gasteiger partial charge on any atom is -0.466 e. The first-order valence-corrected chi connectivity index (χ1v) is 11.9. The molecule has 6 heteroatoms. The van der Waals surface area contributed by atoms with Crippen LogP contribution in [0.15, 0.2) is 18.2 Å². The van der Waals surface area contributed by atoms with Gasteiger partial charge in [0.25, 0.3) is 0 Å². The predicted molar refractivity (Wildman–Crippen MR) is 129 cm³/mol. The van der Waals surface area contributed by atoms with Crippen molar-refractivity contribution in [2.75, 3.05) is 20.3 Å².